The van der Waals surface area contributed by atoms with Crippen molar-refractivity contribution in [3.63, 3.8) is 0 Å². The molecule has 0 bridgehead atoms. The second-order valence-corrected chi connectivity index (χ2v) is 5.96. The van der Waals surface area contributed by atoms with Gasteiger partial charge in [0.1, 0.15) is 5.82 Å². The highest BCUT2D eigenvalue weighted by Crippen LogP contribution is 2.25. The second-order valence-electron chi connectivity index (χ2n) is 5.96. The maximum Gasteiger partial charge on any atom is 0.229 e. The molecular weight excluding hydrogens is 337 g/mol. The van der Waals surface area contributed by atoms with Gasteiger partial charge in [0.25, 0.3) is 0 Å². The Labute approximate surface area is 151 Å². The molecule has 0 aromatic carbocycles. The number of nitrogens with two attached hydrogens (primary N) is 1. The number of hydrogen-bond acceptors (Lipinski definition) is 4. The minimum Gasteiger partial charge on any atom is -0.327 e. The molecule has 134 valence electrons. The molecule has 2 rings (SSSR count). The molecule has 23 heavy (non-hydrogen) atoms. The third-order valence-corrected chi connectivity index (χ3v) is 4.47. The highest BCUT2D eigenvalue weighted by atomic mass is 35.5. The number of piperidine rings is 1. The molecule has 8 heteroatoms. The summed E-state index contributed by atoms with van der Waals surface area (Å²) in [5.74, 6) is 0.524. The number of nitrogens with zero attached hydrogens (tertiary/aromatic N) is 3. The number of likely N-dealkylation sites (tertiary alicyclic amines) is 1. The summed E-state index contributed by atoms with van der Waals surface area (Å²) in [6, 6.07) is 2.07. The highest BCUT2D eigenvalue weighted by Gasteiger charge is 2.24. The van der Waals surface area contributed by atoms with E-state index in [1.165, 1.54) is 0 Å². The molecule has 2 atom stereocenters. The molecule has 2 unspecified atom stereocenters. The molecule has 2 heterocycles. The Bertz CT molecular complexity index is 472. The molecule has 6 nitrogen and oxygen atoms in total. The Morgan fingerprint density at radius 3 is 2.52 bits per heavy atom. The molecule has 1 aromatic rings. The molecule has 1 saturated heterocycles. The van der Waals surface area contributed by atoms with E-state index in [0.717, 1.165) is 38.3 Å². The van der Waals surface area contributed by atoms with Crippen molar-refractivity contribution in [2.75, 3.05) is 25.0 Å². The Hall–Kier alpha value is -0.820. The fourth-order valence-electron chi connectivity index (χ4n) is 2.66. The summed E-state index contributed by atoms with van der Waals surface area (Å²) in [5, 5.41) is 7.36. The lowest BCUT2D eigenvalue weighted by molar-refractivity contribution is -0.119. The molecule has 1 aromatic heterocycles. The van der Waals surface area contributed by atoms with Crippen LogP contribution in [0.5, 0.6) is 0 Å². The quantitative estimate of drug-likeness (QED) is 0.839. The molecule has 1 aliphatic heterocycles. The summed E-state index contributed by atoms with van der Waals surface area (Å²) >= 11 is 0. The van der Waals surface area contributed by atoms with E-state index in [-0.39, 0.29) is 42.7 Å². The molecule has 3 N–H and O–H groups in total. The zero-order valence-corrected chi connectivity index (χ0v) is 15.7. The van der Waals surface area contributed by atoms with E-state index < -0.39 is 0 Å². The van der Waals surface area contributed by atoms with Gasteiger partial charge in [-0.1, -0.05) is 13.8 Å². The Kier molecular flexibility index (Phi) is 9.77. The second kappa shape index (κ2) is 10.1. The smallest absolute Gasteiger partial charge is 0.229 e. The van der Waals surface area contributed by atoms with Crippen molar-refractivity contribution in [2.45, 2.75) is 45.7 Å². The van der Waals surface area contributed by atoms with Gasteiger partial charge in [-0.25, -0.2) is 4.68 Å². The SMILES string of the molecule is CCN1CCC(n2nccc2NC(=O)C(C)C(C)N)CC1.Cl.Cl. The van der Waals surface area contributed by atoms with Crippen LogP contribution in [-0.4, -0.2) is 46.3 Å². The van der Waals surface area contributed by atoms with Crippen molar-refractivity contribution >= 4 is 36.5 Å². The molecule has 1 aliphatic rings. The third kappa shape index (κ3) is 5.64. The monoisotopic (exact) mass is 365 g/mol. The topological polar surface area (TPSA) is 76.2 Å². The minimum atomic E-state index is -0.213. The van der Waals surface area contributed by atoms with Crippen LogP contribution in [0.3, 0.4) is 0 Å². The fourth-order valence-corrected chi connectivity index (χ4v) is 2.66. The number of carbonyl (C=O) groups is 1. The van der Waals surface area contributed by atoms with Gasteiger partial charge in [-0.2, -0.15) is 5.10 Å². The summed E-state index contributed by atoms with van der Waals surface area (Å²) in [5.41, 5.74) is 5.79. The maximum absolute atomic E-state index is 12.1. The summed E-state index contributed by atoms with van der Waals surface area (Å²) in [6.45, 7) is 9.16. The van der Waals surface area contributed by atoms with Crippen LogP contribution in [0.2, 0.25) is 0 Å². The molecule has 0 saturated carbocycles. The summed E-state index contributed by atoms with van der Waals surface area (Å²) in [4.78, 5) is 14.6. The molecule has 0 radical (unpaired) electrons. The van der Waals surface area contributed by atoms with Crippen LogP contribution in [-0.2, 0) is 4.79 Å². The first-order chi connectivity index (χ1) is 10.0. The number of carbonyl (C=O) groups excluding carboxylic acids is 1. The Balaban J connectivity index is 0.00000242. The molecular formula is C15H29Cl2N5O. The number of anilines is 1. The van der Waals surface area contributed by atoms with E-state index in [0.29, 0.717) is 6.04 Å². The maximum atomic E-state index is 12.1. The van der Waals surface area contributed by atoms with Crippen LogP contribution < -0.4 is 11.1 Å². The third-order valence-electron chi connectivity index (χ3n) is 4.47. The van der Waals surface area contributed by atoms with Gasteiger partial charge in [-0.05, 0) is 26.3 Å². The van der Waals surface area contributed by atoms with Crippen LogP contribution in [0, 0.1) is 5.92 Å². The normalized spacial score (nSPS) is 18.4. The molecule has 0 spiro atoms. The van der Waals surface area contributed by atoms with Crippen molar-refractivity contribution in [1.29, 1.82) is 0 Å². The summed E-state index contributed by atoms with van der Waals surface area (Å²) in [6.07, 6.45) is 3.89. The summed E-state index contributed by atoms with van der Waals surface area (Å²) < 4.78 is 1.96. The fraction of sp³-hybridized carbons (Fsp3) is 0.733. The lowest BCUT2D eigenvalue weighted by atomic mass is 10.0. The van der Waals surface area contributed by atoms with Crippen LogP contribution >= 0.6 is 24.8 Å². The van der Waals surface area contributed by atoms with E-state index >= 15 is 0 Å². The zero-order chi connectivity index (χ0) is 15.4. The van der Waals surface area contributed by atoms with Gasteiger partial charge in [0.15, 0.2) is 0 Å². The van der Waals surface area contributed by atoms with E-state index in [9.17, 15) is 4.79 Å². The predicted octanol–water partition coefficient (Wildman–Crippen LogP) is 2.31. The van der Waals surface area contributed by atoms with Crippen LogP contribution in [0.15, 0.2) is 12.3 Å². The average Bonchev–Trinajstić information content (AvgIpc) is 2.94. The predicted molar refractivity (Wildman–Crippen MR) is 98.6 cm³/mol. The highest BCUT2D eigenvalue weighted by molar-refractivity contribution is 5.91. The molecule has 1 fully saturated rings. The van der Waals surface area contributed by atoms with Gasteiger partial charge in [0, 0.05) is 25.2 Å². The van der Waals surface area contributed by atoms with Gasteiger partial charge < -0.3 is 16.0 Å². The molecule has 1 amide bonds. The lowest BCUT2D eigenvalue weighted by Gasteiger charge is -2.32. The van der Waals surface area contributed by atoms with Crippen molar-refractivity contribution in [1.82, 2.24) is 14.7 Å². The zero-order valence-electron chi connectivity index (χ0n) is 14.1. The number of aromatic nitrogens is 2. The summed E-state index contributed by atoms with van der Waals surface area (Å²) in [7, 11) is 0. The number of nitrogens with one attached hydrogen (secondary N) is 1. The van der Waals surface area contributed by atoms with E-state index in [1.807, 2.05) is 24.6 Å². The first-order valence-corrected chi connectivity index (χ1v) is 7.85. The number of rotatable bonds is 5. The van der Waals surface area contributed by atoms with E-state index in [2.05, 4.69) is 22.2 Å². The van der Waals surface area contributed by atoms with Crippen molar-refractivity contribution in [3.8, 4) is 0 Å². The van der Waals surface area contributed by atoms with Crippen LogP contribution in [0.4, 0.5) is 5.82 Å². The standard InChI is InChI=1S/C15H27N5O.2ClH/c1-4-19-9-6-13(7-10-19)20-14(5-8-17-20)18-15(21)11(2)12(3)16;;/h5,8,11-13H,4,6-7,9-10,16H2,1-3H3,(H,18,21);2*1H. The Morgan fingerprint density at radius 2 is 2.00 bits per heavy atom. The van der Waals surface area contributed by atoms with E-state index in [1.54, 1.807) is 6.20 Å². The lowest BCUT2D eigenvalue weighted by Crippen LogP contribution is -2.36. The largest absolute Gasteiger partial charge is 0.327 e. The van der Waals surface area contributed by atoms with Gasteiger partial charge >= 0.3 is 0 Å². The minimum absolute atomic E-state index is 0. The Morgan fingerprint density at radius 1 is 1.39 bits per heavy atom. The van der Waals surface area contributed by atoms with Crippen molar-refractivity contribution in [3.05, 3.63) is 12.3 Å². The van der Waals surface area contributed by atoms with Gasteiger partial charge in [-0.3, -0.25) is 4.79 Å². The van der Waals surface area contributed by atoms with Crippen LogP contribution in [0.25, 0.3) is 0 Å². The van der Waals surface area contributed by atoms with Gasteiger partial charge in [0.05, 0.1) is 18.2 Å². The van der Waals surface area contributed by atoms with Gasteiger partial charge in [-0.15, -0.1) is 24.8 Å². The molecule has 0 aliphatic carbocycles. The number of hydrogen-bond donors (Lipinski definition) is 2. The van der Waals surface area contributed by atoms with Crippen LogP contribution in [0.1, 0.15) is 39.7 Å². The number of halogens is 2. The van der Waals surface area contributed by atoms with Crippen molar-refractivity contribution < 1.29 is 4.79 Å². The first kappa shape index (κ1) is 22.2. The number of amides is 1. The average molecular weight is 366 g/mol. The first-order valence-electron chi connectivity index (χ1n) is 7.85. The van der Waals surface area contributed by atoms with E-state index in [4.69, 9.17) is 5.73 Å². The van der Waals surface area contributed by atoms with Crippen molar-refractivity contribution in [2.24, 2.45) is 11.7 Å². The van der Waals surface area contributed by atoms with Gasteiger partial charge in [0.2, 0.25) is 5.91 Å².